The van der Waals surface area contributed by atoms with Gasteiger partial charge in [-0.1, -0.05) is 54.2 Å². The summed E-state index contributed by atoms with van der Waals surface area (Å²) in [6.07, 6.45) is 1.56. The smallest absolute Gasteiger partial charge is 0.234 e. The van der Waals surface area contributed by atoms with Crippen molar-refractivity contribution in [3.05, 3.63) is 71.5 Å². The zero-order valence-corrected chi connectivity index (χ0v) is 17.3. The van der Waals surface area contributed by atoms with Gasteiger partial charge in [0.1, 0.15) is 16.2 Å². The van der Waals surface area contributed by atoms with Gasteiger partial charge >= 0.3 is 0 Å². The summed E-state index contributed by atoms with van der Waals surface area (Å²) in [4.78, 5) is 23.1. The first-order valence-corrected chi connectivity index (χ1v) is 10.8. The van der Waals surface area contributed by atoms with Crippen LogP contribution in [0.2, 0.25) is 0 Å². The van der Waals surface area contributed by atoms with E-state index in [-0.39, 0.29) is 11.7 Å². The molecular weight excluding hydrogens is 442 g/mol. The number of carbonyl (C=O) groups excluding carboxylic acids is 1. The second-order valence-electron chi connectivity index (χ2n) is 5.69. The van der Waals surface area contributed by atoms with Crippen LogP contribution in [0.1, 0.15) is 0 Å². The lowest BCUT2D eigenvalue weighted by atomic mass is 10.2. The summed E-state index contributed by atoms with van der Waals surface area (Å²) in [6.45, 7) is 0. The van der Waals surface area contributed by atoms with E-state index in [2.05, 4.69) is 49.4 Å². The Bertz CT molecular complexity index is 1100. The van der Waals surface area contributed by atoms with Crippen molar-refractivity contribution >= 4 is 60.8 Å². The largest absolute Gasteiger partial charge is 0.324 e. The highest BCUT2D eigenvalue weighted by molar-refractivity contribution is 9.10. The van der Waals surface area contributed by atoms with Crippen molar-refractivity contribution in [2.75, 3.05) is 11.1 Å². The van der Waals surface area contributed by atoms with Crippen molar-refractivity contribution in [3.8, 4) is 10.4 Å². The zero-order chi connectivity index (χ0) is 18.6. The SMILES string of the molecule is O=C(CSc1ncnc2sc(-c3ccccc3)cc12)Nc1ccccc1Br. The Morgan fingerprint density at radius 2 is 1.85 bits per heavy atom. The van der Waals surface area contributed by atoms with E-state index < -0.39 is 0 Å². The third-order valence-electron chi connectivity index (χ3n) is 3.84. The van der Waals surface area contributed by atoms with Gasteiger partial charge in [-0.2, -0.15) is 0 Å². The molecule has 0 atom stereocenters. The van der Waals surface area contributed by atoms with E-state index in [1.807, 2.05) is 42.5 Å². The predicted octanol–water partition coefficient (Wildman–Crippen LogP) is 5.85. The number of para-hydroxylation sites is 1. The van der Waals surface area contributed by atoms with Crippen molar-refractivity contribution in [2.24, 2.45) is 0 Å². The number of nitrogens with one attached hydrogen (secondary N) is 1. The summed E-state index contributed by atoms with van der Waals surface area (Å²) < 4.78 is 0.859. The molecular formula is C20H14BrN3OS2. The standard InChI is InChI=1S/C20H14BrN3OS2/c21-15-8-4-5-9-16(15)24-18(25)11-26-19-14-10-17(13-6-2-1-3-7-13)27-20(14)23-12-22-19/h1-10,12H,11H2,(H,24,25). The Labute approximate surface area is 173 Å². The Morgan fingerprint density at radius 1 is 1.07 bits per heavy atom. The zero-order valence-electron chi connectivity index (χ0n) is 14.1. The third-order valence-corrected chi connectivity index (χ3v) is 6.63. The van der Waals surface area contributed by atoms with Crippen LogP contribution in [0.5, 0.6) is 0 Å². The summed E-state index contributed by atoms with van der Waals surface area (Å²) in [6, 6.07) is 19.9. The fourth-order valence-corrected chi connectivity index (χ4v) is 4.80. The summed E-state index contributed by atoms with van der Waals surface area (Å²) in [5.41, 5.74) is 1.92. The first kappa shape index (κ1) is 18.2. The maximum absolute atomic E-state index is 12.3. The molecule has 2 heterocycles. The van der Waals surface area contributed by atoms with Gasteiger partial charge in [0.05, 0.1) is 11.4 Å². The van der Waals surface area contributed by atoms with Crippen molar-refractivity contribution in [1.29, 1.82) is 0 Å². The number of hydrogen-bond donors (Lipinski definition) is 1. The molecule has 2 aromatic carbocycles. The molecule has 4 rings (SSSR count). The van der Waals surface area contributed by atoms with Crippen LogP contribution in [0.3, 0.4) is 0 Å². The number of carbonyl (C=O) groups is 1. The molecule has 0 aliphatic heterocycles. The second kappa shape index (κ2) is 8.21. The maximum Gasteiger partial charge on any atom is 0.234 e. The molecule has 0 saturated carbocycles. The quantitative estimate of drug-likeness (QED) is 0.302. The van der Waals surface area contributed by atoms with Gasteiger partial charge in [-0.25, -0.2) is 9.97 Å². The highest BCUT2D eigenvalue weighted by Gasteiger charge is 2.12. The van der Waals surface area contributed by atoms with Crippen molar-refractivity contribution in [2.45, 2.75) is 5.03 Å². The molecule has 2 aromatic heterocycles. The lowest BCUT2D eigenvalue weighted by molar-refractivity contribution is -0.113. The van der Waals surface area contributed by atoms with Crippen LogP contribution in [0.15, 0.2) is 76.5 Å². The van der Waals surface area contributed by atoms with Gasteiger partial charge in [-0.15, -0.1) is 11.3 Å². The molecule has 0 fully saturated rings. The summed E-state index contributed by atoms with van der Waals surface area (Å²) in [5, 5.41) is 4.72. The van der Waals surface area contributed by atoms with Crippen LogP contribution in [-0.2, 0) is 4.79 Å². The molecule has 0 bridgehead atoms. The van der Waals surface area contributed by atoms with Crippen LogP contribution < -0.4 is 5.32 Å². The molecule has 27 heavy (non-hydrogen) atoms. The number of thiophene rings is 1. The number of amides is 1. The van der Waals surface area contributed by atoms with Gasteiger partial charge in [0, 0.05) is 14.7 Å². The molecule has 134 valence electrons. The van der Waals surface area contributed by atoms with Gasteiger partial charge in [0.25, 0.3) is 0 Å². The monoisotopic (exact) mass is 455 g/mol. The predicted molar refractivity (Wildman–Crippen MR) is 116 cm³/mol. The lowest BCUT2D eigenvalue weighted by Gasteiger charge is -2.07. The minimum atomic E-state index is -0.0721. The summed E-state index contributed by atoms with van der Waals surface area (Å²) in [7, 11) is 0. The molecule has 0 spiro atoms. The lowest BCUT2D eigenvalue weighted by Crippen LogP contribution is -2.14. The van der Waals surface area contributed by atoms with Gasteiger partial charge in [0.2, 0.25) is 5.91 Å². The van der Waals surface area contributed by atoms with Gasteiger partial charge in [-0.05, 0) is 39.7 Å². The first-order valence-electron chi connectivity index (χ1n) is 8.18. The van der Waals surface area contributed by atoms with E-state index in [9.17, 15) is 4.79 Å². The van der Waals surface area contributed by atoms with Crippen molar-refractivity contribution in [3.63, 3.8) is 0 Å². The molecule has 1 amide bonds. The van der Waals surface area contributed by atoms with Crippen molar-refractivity contribution in [1.82, 2.24) is 9.97 Å². The average molecular weight is 456 g/mol. The van der Waals surface area contributed by atoms with Crippen LogP contribution in [-0.4, -0.2) is 21.6 Å². The third kappa shape index (κ3) is 4.21. The molecule has 0 saturated heterocycles. The van der Waals surface area contributed by atoms with E-state index in [1.54, 1.807) is 17.7 Å². The number of fused-ring (bicyclic) bond motifs is 1. The van der Waals surface area contributed by atoms with E-state index in [0.717, 1.165) is 35.8 Å². The maximum atomic E-state index is 12.3. The second-order valence-corrected chi connectivity index (χ2v) is 8.54. The van der Waals surface area contributed by atoms with Crippen LogP contribution in [0, 0.1) is 0 Å². The molecule has 1 N–H and O–H groups in total. The Morgan fingerprint density at radius 3 is 2.67 bits per heavy atom. The normalized spacial score (nSPS) is 10.9. The highest BCUT2D eigenvalue weighted by atomic mass is 79.9. The number of benzene rings is 2. The molecule has 4 aromatic rings. The first-order chi connectivity index (χ1) is 13.2. The van der Waals surface area contributed by atoms with E-state index in [4.69, 9.17) is 0 Å². The topological polar surface area (TPSA) is 54.9 Å². The van der Waals surface area contributed by atoms with Gasteiger partial charge in [-0.3, -0.25) is 4.79 Å². The Kier molecular flexibility index (Phi) is 5.52. The van der Waals surface area contributed by atoms with Crippen LogP contribution in [0.4, 0.5) is 5.69 Å². The minimum absolute atomic E-state index is 0.0721. The van der Waals surface area contributed by atoms with Crippen LogP contribution in [0.25, 0.3) is 20.7 Å². The highest BCUT2D eigenvalue weighted by Crippen LogP contribution is 2.36. The molecule has 0 aliphatic carbocycles. The van der Waals surface area contributed by atoms with E-state index in [0.29, 0.717) is 0 Å². The number of hydrogen-bond acceptors (Lipinski definition) is 5. The van der Waals surface area contributed by atoms with E-state index in [1.165, 1.54) is 11.8 Å². The van der Waals surface area contributed by atoms with Gasteiger partial charge < -0.3 is 5.32 Å². The van der Waals surface area contributed by atoms with Crippen LogP contribution >= 0.6 is 39.0 Å². The Balaban J connectivity index is 1.51. The molecule has 7 heteroatoms. The Hall–Kier alpha value is -2.22. The van der Waals surface area contributed by atoms with Crippen molar-refractivity contribution < 1.29 is 4.79 Å². The summed E-state index contributed by atoms with van der Waals surface area (Å²) >= 11 is 6.49. The van der Waals surface area contributed by atoms with E-state index >= 15 is 0 Å². The fraction of sp³-hybridized carbons (Fsp3) is 0.0500. The minimum Gasteiger partial charge on any atom is -0.324 e. The van der Waals surface area contributed by atoms with Gasteiger partial charge in [0.15, 0.2) is 0 Å². The summed E-state index contributed by atoms with van der Waals surface area (Å²) in [5.74, 6) is 0.210. The molecule has 0 aliphatic rings. The fourth-order valence-electron chi connectivity index (χ4n) is 2.58. The average Bonchev–Trinajstić information content (AvgIpc) is 3.14. The number of rotatable bonds is 5. The number of thioether (sulfide) groups is 1. The molecule has 4 nitrogen and oxygen atoms in total. The number of anilines is 1. The number of aromatic nitrogens is 2. The molecule has 0 unspecified atom stereocenters. The molecule has 0 radical (unpaired) electrons. The number of halogens is 1. The number of nitrogens with zero attached hydrogens (tertiary/aromatic N) is 2.